The average Bonchev–Trinajstić information content (AvgIpc) is 2.64. The highest BCUT2D eigenvalue weighted by atomic mass is 35.5. The van der Waals surface area contributed by atoms with Gasteiger partial charge < -0.3 is 10.0 Å². The van der Waals surface area contributed by atoms with Gasteiger partial charge in [-0.2, -0.15) is 0 Å². The predicted octanol–water partition coefficient (Wildman–Crippen LogP) is 4.84. The highest BCUT2D eigenvalue weighted by Gasteiger charge is 2.35. The van der Waals surface area contributed by atoms with Crippen molar-refractivity contribution >= 4 is 17.4 Å². The zero-order valence-electron chi connectivity index (χ0n) is 16.3. The van der Waals surface area contributed by atoms with Gasteiger partial charge in [0.15, 0.2) is 5.78 Å². The zero-order valence-corrected chi connectivity index (χ0v) is 17.0. The number of aryl methyl sites for hydroxylation is 1. The van der Waals surface area contributed by atoms with Gasteiger partial charge in [-0.05, 0) is 81.1 Å². The van der Waals surface area contributed by atoms with Crippen LogP contribution in [0.1, 0.15) is 52.2 Å². The van der Waals surface area contributed by atoms with Crippen LogP contribution in [0.2, 0.25) is 5.02 Å². The summed E-state index contributed by atoms with van der Waals surface area (Å²) in [6, 6.07) is 14.0. The van der Waals surface area contributed by atoms with Crippen molar-refractivity contribution in [2.75, 3.05) is 14.1 Å². The second-order valence-corrected chi connectivity index (χ2v) is 8.40. The summed E-state index contributed by atoms with van der Waals surface area (Å²) >= 11 is 6.08. The van der Waals surface area contributed by atoms with Crippen molar-refractivity contribution in [3.05, 3.63) is 69.7 Å². The molecular weight excluding hydrogens is 358 g/mol. The van der Waals surface area contributed by atoms with Crippen LogP contribution in [0.5, 0.6) is 0 Å². The maximum absolute atomic E-state index is 13.0. The molecule has 1 aliphatic carbocycles. The lowest BCUT2D eigenvalue weighted by atomic mass is 9.73. The molecule has 3 atom stereocenters. The number of halogens is 1. The molecular formula is C23H28ClNO2. The summed E-state index contributed by atoms with van der Waals surface area (Å²) in [5.74, 6) is -0.0221. The molecule has 27 heavy (non-hydrogen) atoms. The second kappa shape index (κ2) is 8.55. The molecule has 3 unspecified atom stereocenters. The fraction of sp³-hybridized carbons (Fsp3) is 0.435. The lowest BCUT2D eigenvalue weighted by Gasteiger charge is -2.33. The van der Waals surface area contributed by atoms with E-state index in [-0.39, 0.29) is 11.7 Å². The van der Waals surface area contributed by atoms with E-state index in [1.165, 1.54) is 11.1 Å². The van der Waals surface area contributed by atoms with Gasteiger partial charge >= 0.3 is 0 Å². The van der Waals surface area contributed by atoms with Crippen molar-refractivity contribution in [3.8, 4) is 0 Å². The first-order valence-corrected chi connectivity index (χ1v) is 9.95. The fourth-order valence-electron chi connectivity index (χ4n) is 4.01. The fourth-order valence-corrected chi connectivity index (χ4v) is 4.13. The van der Waals surface area contributed by atoms with Crippen LogP contribution in [0.25, 0.3) is 0 Å². The van der Waals surface area contributed by atoms with Gasteiger partial charge in [-0.1, -0.05) is 35.9 Å². The van der Waals surface area contributed by atoms with E-state index < -0.39 is 6.10 Å². The van der Waals surface area contributed by atoms with Gasteiger partial charge in [-0.3, -0.25) is 4.79 Å². The standard InChI is InChI=1S/C23H28ClNO2/c1-15-12-19(8-10-21(15)24)23(27)20-13-18(9-11-22(20)26)17-6-4-16(5-7-17)14-25(2)3/h4-8,10,12,18,20,22,26H,9,11,13-14H2,1-3H3. The molecule has 3 nitrogen and oxygen atoms in total. The summed E-state index contributed by atoms with van der Waals surface area (Å²) in [7, 11) is 4.12. The van der Waals surface area contributed by atoms with E-state index >= 15 is 0 Å². The van der Waals surface area contributed by atoms with Crippen molar-refractivity contribution in [1.29, 1.82) is 0 Å². The topological polar surface area (TPSA) is 40.5 Å². The number of nitrogens with zero attached hydrogens (tertiary/aromatic N) is 1. The lowest BCUT2D eigenvalue weighted by molar-refractivity contribution is 0.0483. The van der Waals surface area contributed by atoms with Crippen molar-refractivity contribution in [2.45, 2.75) is 44.8 Å². The molecule has 0 bridgehead atoms. The molecule has 0 amide bonds. The van der Waals surface area contributed by atoms with Crippen LogP contribution in [0.15, 0.2) is 42.5 Å². The van der Waals surface area contributed by atoms with Crippen LogP contribution >= 0.6 is 11.6 Å². The van der Waals surface area contributed by atoms with Crippen LogP contribution in [0, 0.1) is 12.8 Å². The largest absolute Gasteiger partial charge is 0.392 e. The molecule has 0 aliphatic heterocycles. The van der Waals surface area contributed by atoms with Crippen molar-refractivity contribution in [2.24, 2.45) is 5.92 Å². The molecule has 1 aliphatic rings. The number of Topliss-reactive ketones (excluding diaryl/α,β-unsaturated/α-hetero) is 1. The molecule has 3 rings (SSSR count). The minimum Gasteiger partial charge on any atom is -0.392 e. The van der Waals surface area contributed by atoms with Crippen LogP contribution in [0.4, 0.5) is 0 Å². The van der Waals surface area contributed by atoms with E-state index in [1.807, 2.05) is 13.0 Å². The molecule has 4 heteroatoms. The maximum atomic E-state index is 13.0. The van der Waals surface area contributed by atoms with Gasteiger partial charge in [-0.25, -0.2) is 0 Å². The van der Waals surface area contributed by atoms with Gasteiger partial charge in [0.25, 0.3) is 0 Å². The molecule has 0 radical (unpaired) electrons. The Bertz CT molecular complexity index is 801. The lowest BCUT2D eigenvalue weighted by Crippen LogP contribution is -2.34. The number of ketones is 1. The van der Waals surface area contributed by atoms with E-state index in [1.54, 1.807) is 12.1 Å². The predicted molar refractivity (Wildman–Crippen MR) is 110 cm³/mol. The Kier molecular flexibility index (Phi) is 6.36. The number of aliphatic hydroxyl groups is 1. The van der Waals surface area contributed by atoms with Gasteiger partial charge in [0, 0.05) is 23.0 Å². The van der Waals surface area contributed by atoms with E-state index in [2.05, 4.69) is 43.3 Å². The highest BCUT2D eigenvalue weighted by Crippen LogP contribution is 2.38. The number of hydrogen-bond acceptors (Lipinski definition) is 3. The highest BCUT2D eigenvalue weighted by molar-refractivity contribution is 6.31. The minimum atomic E-state index is -0.572. The first-order valence-electron chi connectivity index (χ1n) is 9.57. The number of carbonyl (C=O) groups excluding carboxylic acids is 1. The summed E-state index contributed by atoms with van der Waals surface area (Å²) < 4.78 is 0. The summed E-state index contributed by atoms with van der Waals surface area (Å²) in [6.45, 7) is 2.81. The Hall–Kier alpha value is -1.68. The number of aliphatic hydroxyl groups excluding tert-OH is 1. The van der Waals surface area contributed by atoms with Gasteiger partial charge in [0.1, 0.15) is 0 Å². The molecule has 2 aromatic rings. The van der Waals surface area contributed by atoms with E-state index in [0.29, 0.717) is 29.3 Å². The molecule has 1 N–H and O–H groups in total. The van der Waals surface area contributed by atoms with Crippen molar-refractivity contribution < 1.29 is 9.90 Å². The van der Waals surface area contributed by atoms with Gasteiger partial charge in [0.2, 0.25) is 0 Å². The Morgan fingerprint density at radius 1 is 1.15 bits per heavy atom. The number of hydrogen-bond donors (Lipinski definition) is 1. The summed E-state index contributed by atoms with van der Waals surface area (Å²) in [6.07, 6.45) is 1.69. The normalized spacial score (nSPS) is 22.8. The minimum absolute atomic E-state index is 0.0243. The molecule has 0 aromatic heterocycles. The Morgan fingerprint density at radius 2 is 1.85 bits per heavy atom. The van der Waals surface area contributed by atoms with Crippen LogP contribution in [-0.4, -0.2) is 36.0 Å². The third-order valence-corrected chi connectivity index (χ3v) is 5.97. The summed E-state index contributed by atoms with van der Waals surface area (Å²) in [5, 5.41) is 11.1. The molecule has 0 saturated heterocycles. The first kappa shape index (κ1) is 20.1. The van der Waals surface area contributed by atoms with E-state index in [4.69, 9.17) is 11.6 Å². The molecule has 0 heterocycles. The average molecular weight is 386 g/mol. The molecule has 1 saturated carbocycles. The second-order valence-electron chi connectivity index (χ2n) is 7.99. The monoisotopic (exact) mass is 385 g/mol. The third-order valence-electron chi connectivity index (χ3n) is 5.54. The maximum Gasteiger partial charge on any atom is 0.168 e. The molecule has 0 spiro atoms. The summed E-state index contributed by atoms with van der Waals surface area (Å²) in [5.41, 5.74) is 4.07. The van der Waals surface area contributed by atoms with E-state index in [9.17, 15) is 9.90 Å². The Balaban J connectivity index is 1.75. The SMILES string of the molecule is Cc1cc(C(=O)C2CC(c3ccc(CN(C)C)cc3)CCC2O)ccc1Cl. The van der Waals surface area contributed by atoms with Crippen molar-refractivity contribution in [3.63, 3.8) is 0 Å². The number of rotatable bonds is 5. The molecule has 144 valence electrons. The van der Waals surface area contributed by atoms with Gasteiger partial charge in [0.05, 0.1) is 6.10 Å². The van der Waals surface area contributed by atoms with E-state index in [0.717, 1.165) is 18.5 Å². The quantitative estimate of drug-likeness (QED) is 0.749. The summed E-state index contributed by atoms with van der Waals surface area (Å²) in [4.78, 5) is 15.2. The van der Waals surface area contributed by atoms with Gasteiger partial charge in [-0.15, -0.1) is 0 Å². The van der Waals surface area contributed by atoms with Crippen LogP contribution in [0.3, 0.4) is 0 Å². The van der Waals surface area contributed by atoms with Crippen LogP contribution < -0.4 is 0 Å². The Morgan fingerprint density at radius 3 is 2.48 bits per heavy atom. The van der Waals surface area contributed by atoms with Crippen LogP contribution in [-0.2, 0) is 6.54 Å². The zero-order chi connectivity index (χ0) is 19.6. The van der Waals surface area contributed by atoms with Crippen molar-refractivity contribution in [1.82, 2.24) is 4.90 Å². The number of benzene rings is 2. The smallest absolute Gasteiger partial charge is 0.168 e. The first-order chi connectivity index (χ1) is 12.8. The Labute approximate surface area is 167 Å². The number of carbonyl (C=O) groups is 1. The molecule has 1 fully saturated rings. The third kappa shape index (κ3) is 4.78. The molecule has 2 aromatic carbocycles.